The zero-order chi connectivity index (χ0) is 16.4. The van der Waals surface area contributed by atoms with E-state index in [2.05, 4.69) is 114 Å². The monoisotopic (exact) mass is 420 g/mol. The van der Waals surface area contributed by atoms with Gasteiger partial charge >= 0.3 is 0 Å². The maximum absolute atomic E-state index is 2.34. The molecule has 0 spiro atoms. The molecule has 24 heavy (non-hydrogen) atoms. The molecule has 0 aliphatic heterocycles. The van der Waals surface area contributed by atoms with E-state index in [0.29, 0.717) is 0 Å². The van der Waals surface area contributed by atoms with Gasteiger partial charge in [0.15, 0.2) is 0 Å². The Balaban J connectivity index is 1.59. The largest absolute Gasteiger partial charge is 0.0616 e. The van der Waals surface area contributed by atoms with Crippen molar-refractivity contribution in [3.63, 3.8) is 0 Å². The van der Waals surface area contributed by atoms with Gasteiger partial charge in [0.25, 0.3) is 0 Å². The van der Waals surface area contributed by atoms with Gasteiger partial charge in [-0.2, -0.15) is 0 Å². The van der Waals surface area contributed by atoms with Gasteiger partial charge in [0.2, 0.25) is 0 Å². The lowest BCUT2D eigenvalue weighted by atomic mass is 9.98. The summed E-state index contributed by atoms with van der Waals surface area (Å²) in [6.45, 7) is 0. The second kappa shape index (κ2) is 6.78. The number of benzene rings is 4. The van der Waals surface area contributed by atoms with E-state index in [0.717, 1.165) is 6.42 Å². The predicted molar refractivity (Wildman–Crippen MR) is 111 cm³/mol. The van der Waals surface area contributed by atoms with Crippen molar-refractivity contribution in [1.29, 1.82) is 0 Å². The van der Waals surface area contributed by atoms with Crippen LogP contribution in [-0.4, -0.2) is 0 Å². The molecule has 0 unspecified atom stereocenters. The summed E-state index contributed by atoms with van der Waals surface area (Å²) in [4.78, 5) is 0. The highest BCUT2D eigenvalue weighted by Gasteiger charge is 2.01. The quantitative estimate of drug-likeness (QED) is 0.324. The summed E-state index contributed by atoms with van der Waals surface area (Å²) < 4.78 is 1.28. The van der Waals surface area contributed by atoms with Crippen LogP contribution in [0.25, 0.3) is 21.9 Å². The van der Waals surface area contributed by atoms with Crippen LogP contribution >= 0.6 is 22.6 Å². The summed E-state index contributed by atoms with van der Waals surface area (Å²) in [5.41, 5.74) is 5.25. The first-order valence-electron chi connectivity index (χ1n) is 8.10. The lowest BCUT2D eigenvalue weighted by molar-refractivity contribution is 1.19. The molecule has 0 aliphatic rings. The van der Waals surface area contributed by atoms with Gasteiger partial charge in [-0.25, -0.2) is 0 Å². The van der Waals surface area contributed by atoms with E-state index in [1.165, 1.54) is 36.6 Å². The van der Waals surface area contributed by atoms with Gasteiger partial charge in [-0.15, -0.1) is 0 Å². The molecule has 0 amide bonds. The number of halogens is 1. The lowest BCUT2D eigenvalue weighted by Crippen LogP contribution is -1.88. The Kier molecular flexibility index (Phi) is 4.35. The zero-order valence-corrected chi connectivity index (χ0v) is 15.4. The van der Waals surface area contributed by atoms with Crippen LogP contribution in [0.15, 0.2) is 91.0 Å². The third kappa shape index (κ3) is 3.36. The van der Waals surface area contributed by atoms with Gasteiger partial charge in [-0.05, 0) is 80.2 Å². The second-order valence-electron chi connectivity index (χ2n) is 6.06. The molecule has 4 rings (SSSR count). The molecule has 0 atom stereocenters. The minimum atomic E-state index is 0.981. The van der Waals surface area contributed by atoms with Gasteiger partial charge in [0, 0.05) is 3.57 Å². The topological polar surface area (TPSA) is 0 Å². The van der Waals surface area contributed by atoms with Crippen LogP contribution in [0.2, 0.25) is 0 Å². The van der Waals surface area contributed by atoms with E-state index < -0.39 is 0 Å². The summed E-state index contributed by atoms with van der Waals surface area (Å²) in [6, 6.07) is 32.9. The third-order valence-corrected chi connectivity index (χ3v) is 5.08. The van der Waals surface area contributed by atoms with Crippen LogP contribution in [-0.2, 0) is 6.42 Å². The first kappa shape index (κ1) is 15.4. The molecule has 0 bridgehead atoms. The maximum atomic E-state index is 2.34. The maximum Gasteiger partial charge on any atom is 0.0130 e. The SMILES string of the molecule is Ic1ccc(Cc2ccc(-c3ccc4ccccc4c3)cc2)cc1. The van der Waals surface area contributed by atoms with Crippen LogP contribution in [0.3, 0.4) is 0 Å². The predicted octanol–water partition coefficient (Wildman–Crippen LogP) is 6.70. The van der Waals surface area contributed by atoms with Gasteiger partial charge in [0.05, 0.1) is 0 Å². The van der Waals surface area contributed by atoms with Gasteiger partial charge in [-0.3, -0.25) is 0 Å². The van der Waals surface area contributed by atoms with Gasteiger partial charge in [0.1, 0.15) is 0 Å². The highest BCUT2D eigenvalue weighted by Crippen LogP contribution is 2.25. The van der Waals surface area contributed by atoms with Crippen molar-refractivity contribution in [3.05, 3.63) is 106 Å². The highest BCUT2D eigenvalue weighted by atomic mass is 127. The third-order valence-electron chi connectivity index (χ3n) is 4.36. The highest BCUT2D eigenvalue weighted by molar-refractivity contribution is 14.1. The van der Waals surface area contributed by atoms with Crippen LogP contribution in [0, 0.1) is 3.57 Å². The summed E-state index contributed by atoms with van der Waals surface area (Å²) in [7, 11) is 0. The van der Waals surface area contributed by atoms with Crippen molar-refractivity contribution in [1.82, 2.24) is 0 Å². The summed E-state index contributed by atoms with van der Waals surface area (Å²) in [5, 5.41) is 2.58. The zero-order valence-electron chi connectivity index (χ0n) is 13.2. The molecular weight excluding hydrogens is 403 g/mol. The van der Waals surface area contributed by atoms with Gasteiger partial charge in [-0.1, -0.05) is 72.8 Å². The van der Waals surface area contributed by atoms with E-state index in [9.17, 15) is 0 Å². The number of fused-ring (bicyclic) bond motifs is 1. The first-order chi connectivity index (χ1) is 11.8. The normalized spacial score (nSPS) is 10.9. The molecule has 0 radical (unpaired) electrons. The Labute approximate surface area is 156 Å². The summed E-state index contributed by atoms with van der Waals surface area (Å²) in [5.74, 6) is 0. The van der Waals surface area contributed by atoms with E-state index in [-0.39, 0.29) is 0 Å². The van der Waals surface area contributed by atoms with Crippen molar-refractivity contribution in [2.75, 3.05) is 0 Å². The molecule has 1 heteroatoms. The Morgan fingerprint density at radius 2 is 1.12 bits per heavy atom. The molecule has 0 N–H and O–H groups in total. The second-order valence-corrected chi connectivity index (χ2v) is 7.31. The molecular formula is C23H17I. The lowest BCUT2D eigenvalue weighted by Gasteiger charge is -2.07. The fourth-order valence-corrected chi connectivity index (χ4v) is 3.38. The van der Waals surface area contributed by atoms with Crippen molar-refractivity contribution < 1.29 is 0 Å². The van der Waals surface area contributed by atoms with Crippen LogP contribution in [0.4, 0.5) is 0 Å². The molecule has 0 heterocycles. The molecule has 4 aromatic carbocycles. The average Bonchev–Trinajstić information content (AvgIpc) is 2.64. The molecule has 0 aromatic heterocycles. The minimum Gasteiger partial charge on any atom is -0.0616 e. The summed E-state index contributed by atoms with van der Waals surface area (Å²) in [6.07, 6.45) is 0.981. The van der Waals surface area contributed by atoms with Crippen molar-refractivity contribution in [2.24, 2.45) is 0 Å². The van der Waals surface area contributed by atoms with Crippen LogP contribution in [0.1, 0.15) is 11.1 Å². The Morgan fingerprint density at radius 3 is 1.83 bits per heavy atom. The standard InChI is InChI=1S/C23H17I/c24-23-13-7-18(8-14-23)15-17-5-9-20(10-6-17)22-12-11-19-3-1-2-4-21(19)16-22/h1-14,16H,15H2. The average molecular weight is 420 g/mol. The molecule has 0 saturated heterocycles. The first-order valence-corrected chi connectivity index (χ1v) is 9.18. The van der Waals surface area contributed by atoms with E-state index >= 15 is 0 Å². The minimum absolute atomic E-state index is 0.981. The van der Waals surface area contributed by atoms with Crippen molar-refractivity contribution in [3.8, 4) is 11.1 Å². The fraction of sp³-hybridized carbons (Fsp3) is 0.0435. The van der Waals surface area contributed by atoms with E-state index in [1.54, 1.807) is 0 Å². The molecule has 0 aliphatic carbocycles. The van der Waals surface area contributed by atoms with E-state index in [4.69, 9.17) is 0 Å². The molecule has 116 valence electrons. The van der Waals surface area contributed by atoms with Crippen molar-refractivity contribution >= 4 is 33.4 Å². The molecule has 4 aromatic rings. The number of hydrogen-bond acceptors (Lipinski definition) is 0. The Hall–Kier alpha value is -2.13. The number of rotatable bonds is 3. The number of hydrogen-bond donors (Lipinski definition) is 0. The van der Waals surface area contributed by atoms with Crippen molar-refractivity contribution in [2.45, 2.75) is 6.42 Å². The smallest absolute Gasteiger partial charge is 0.0130 e. The molecule has 0 fully saturated rings. The molecule has 0 saturated carbocycles. The fourth-order valence-electron chi connectivity index (χ4n) is 3.02. The van der Waals surface area contributed by atoms with Crippen LogP contribution in [0.5, 0.6) is 0 Å². The van der Waals surface area contributed by atoms with Crippen LogP contribution < -0.4 is 0 Å². The Morgan fingerprint density at radius 1 is 0.542 bits per heavy atom. The van der Waals surface area contributed by atoms with Gasteiger partial charge < -0.3 is 0 Å². The van der Waals surface area contributed by atoms with E-state index in [1.807, 2.05) is 0 Å². The summed E-state index contributed by atoms with van der Waals surface area (Å²) >= 11 is 2.34. The molecule has 0 nitrogen and oxygen atoms in total. The Bertz CT molecular complexity index is 967.